The largest absolute Gasteiger partial charge is 0.496 e. The van der Waals surface area contributed by atoms with Crippen LogP contribution < -0.4 is 10.1 Å². The van der Waals surface area contributed by atoms with Gasteiger partial charge in [-0.1, -0.05) is 6.42 Å². The number of benzene rings is 1. The van der Waals surface area contributed by atoms with E-state index in [2.05, 4.69) is 5.32 Å². The third kappa shape index (κ3) is 3.32. The predicted octanol–water partition coefficient (Wildman–Crippen LogP) is 2.64. The maximum atomic E-state index is 12.6. The van der Waals surface area contributed by atoms with E-state index in [4.69, 9.17) is 4.74 Å². The molecule has 0 unspecified atom stereocenters. The first kappa shape index (κ1) is 16.2. The average Bonchev–Trinajstić information content (AvgIpc) is 2.95. The molecule has 6 heteroatoms. The number of amides is 2. The first-order valence-corrected chi connectivity index (χ1v) is 9.09. The van der Waals surface area contributed by atoms with Crippen molar-refractivity contribution in [2.75, 3.05) is 24.1 Å². The lowest BCUT2D eigenvalue weighted by atomic mass is 9.84. The zero-order valence-electron chi connectivity index (χ0n) is 13.5. The van der Waals surface area contributed by atoms with E-state index in [1.165, 1.54) is 0 Å². The van der Waals surface area contributed by atoms with Crippen LogP contribution >= 0.6 is 11.8 Å². The Labute approximate surface area is 140 Å². The highest BCUT2D eigenvalue weighted by molar-refractivity contribution is 7.99. The minimum Gasteiger partial charge on any atom is -0.496 e. The molecule has 1 aromatic carbocycles. The molecule has 3 rings (SSSR count). The number of thioether (sulfide) groups is 1. The number of hydrogen-bond acceptors (Lipinski definition) is 4. The summed E-state index contributed by atoms with van der Waals surface area (Å²) < 4.78 is 5.23. The normalized spacial score (nSPS) is 21.0. The van der Waals surface area contributed by atoms with Gasteiger partial charge in [-0.2, -0.15) is 0 Å². The Bertz CT molecular complexity index is 616. The van der Waals surface area contributed by atoms with Gasteiger partial charge in [0.25, 0.3) is 0 Å². The zero-order chi connectivity index (χ0) is 16.4. The van der Waals surface area contributed by atoms with Crippen molar-refractivity contribution in [3.05, 3.63) is 23.8 Å². The second-order valence-corrected chi connectivity index (χ2v) is 7.12. The fraction of sp³-hybridized carbons (Fsp3) is 0.529. The molecule has 5 nitrogen and oxygen atoms in total. The summed E-state index contributed by atoms with van der Waals surface area (Å²) in [6.07, 6.45) is 3.05. The highest BCUT2D eigenvalue weighted by Crippen LogP contribution is 2.32. The van der Waals surface area contributed by atoms with Gasteiger partial charge in [-0.05, 0) is 43.5 Å². The van der Waals surface area contributed by atoms with Crippen molar-refractivity contribution in [3.8, 4) is 5.75 Å². The number of aryl methyl sites for hydroxylation is 1. The summed E-state index contributed by atoms with van der Waals surface area (Å²) in [6, 6.07) is 5.18. The van der Waals surface area contributed by atoms with Gasteiger partial charge in [0.2, 0.25) is 11.8 Å². The smallest absolute Gasteiger partial charge is 0.248 e. The van der Waals surface area contributed by atoms with Crippen molar-refractivity contribution in [3.63, 3.8) is 0 Å². The Morgan fingerprint density at radius 1 is 1.35 bits per heavy atom. The molecule has 2 fully saturated rings. The molecule has 1 heterocycles. The van der Waals surface area contributed by atoms with Crippen LogP contribution in [0.3, 0.4) is 0 Å². The van der Waals surface area contributed by atoms with Gasteiger partial charge in [0.1, 0.15) is 11.8 Å². The molecule has 23 heavy (non-hydrogen) atoms. The van der Waals surface area contributed by atoms with Gasteiger partial charge in [0.15, 0.2) is 0 Å². The van der Waals surface area contributed by atoms with Crippen LogP contribution in [0.2, 0.25) is 0 Å². The number of carbonyl (C=O) groups is 2. The Hall–Kier alpha value is -1.69. The molecule has 1 aliphatic heterocycles. The molecule has 124 valence electrons. The lowest BCUT2D eigenvalue weighted by Crippen LogP contribution is -2.47. The second kappa shape index (κ2) is 6.83. The van der Waals surface area contributed by atoms with Crippen molar-refractivity contribution in [2.45, 2.75) is 32.2 Å². The summed E-state index contributed by atoms with van der Waals surface area (Å²) in [5.41, 5.74) is 1.70. The van der Waals surface area contributed by atoms with Crippen molar-refractivity contribution >= 4 is 29.3 Å². The number of nitrogens with one attached hydrogen (secondary N) is 1. The summed E-state index contributed by atoms with van der Waals surface area (Å²) in [7, 11) is 1.63. The molecule has 1 N–H and O–H groups in total. The molecule has 1 saturated carbocycles. The van der Waals surface area contributed by atoms with Gasteiger partial charge in [-0.15, -0.1) is 11.8 Å². The minimum atomic E-state index is -0.365. The Kier molecular flexibility index (Phi) is 4.80. The fourth-order valence-corrected chi connectivity index (χ4v) is 4.11. The Balaban J connectivity index is 1.67. The summed E-state index contributed by atoms with van der Waals surface area (Å²) in [6.45, 7) is 1.94. The molecule has 2 amide bonds. The molecule has 1 aromatic rings. The van der Waals surface area contributed by atoms with Crippen LogP contribution in [-0.4, -0.2) is 41.5 Å². The van der Waals surface area contributed by atoms with Crippen LogP contribution in [0.5, 0.6) is 5.75 Å². The molecule has 1 aliphatic carbocycles. The lowest BCUT2D eigenvalue weighted by Gasteiger charge is -2.31. The summed E-state index contributed by atoms with van der Waals surface area (Å²) >= 11 is 1.64. The van der Waals surface area contributed by atoms with Crippen molar-refractivity contribution in [2.24, 2.45) is 5.92 Å². The standard InChI is InChI=1S/C17H22N2O3S/c1-11-8-13(6-7-15(11)22-2)18-16(20)14-9-23-10-19(14)17(21)12-4-3-5-12/h6-8,12,14H,3-5,9-10H2,1-2H3,(H,18,20)/t14-/m0/s1. The van der Waals surface area contributed by atoms with Crippen LogP contribution in [0.15, 0.2) is 18.2 Å². The number of nitrogens with zero attached hydrogens (tertiary/aromatic N) is 1. The van der Waals surface area contributed by atoms with Gasteiger partial charge in [0, 0.05) is 17.4 Å². The number of rotatable bonds is 4. The van der Waals surface area contributed by atoms with Crippen LogP contribution in [-0.2, 0) is 9.59 Å². The molecule has 0 aromatic heterocycles. The van der Waals surface area contributed by atoms with E-state index in [1.54, 1.807) is 23.8 Å². The van der Waals surface area contributed by atoms with E-state index in [0.717, 1.165) is 36.3 Å². The van der Waals surface area contributed by atoms with Crippen molar-refractivity contribution in [1.82, 2.24) is 4.90 Å². The molecular formula is C17H22N2O3S. The molecule has 0 spiro atoms. The number of carbonyl (C=O) groups excluding carboxylic acids is 2. The highest BCUT2D eigenvalue weighted by Gasteiger charge is 2.39. The number of ether oxygens (including phenoxy) is 1. The SMILES string of the molecule is COc1ccc(NC(=O)[C@@H]2CSCN2C(=O)C2CCC2)cc1C. The Morgan fingerprint density at radius 3 is 2.74 bits per heavy atom. The molecule has 0 bridgehead atoms. The van der Waals surface area contributed by atoms with Crippen LogP contribution in [0.25, 0.3) is 0 Å². The van der Waals surface area contributed by atoms with E-state index in [9.17, 15) is 9.59 Å². The monoisotopic (exact) mass is 334 g/mol. The summed E-state index contributed by atoms with van der Waals surface area (Å²) in [5, 5.41) is 2.93. The fourth-order valence-electron chi connectivity index (χ4n) is 2.95. The number of hydrogen-bond donors (Lipinski definition) is 1. The van der Waals surface area contributed by atoms with Crippen LogP contribution in [0, 0.1) is 12.8 Å². The number of anilines is 1. The molecular weight excluding hydrogens is 312 g/mol. The quantitative estimate of drug-likeness (QED) is 0.920. The van der Waals surface area contributed by atoms with Gasteiger partial charge in [0.05, 0.1) is 13.0 Å². The third-order valence-corrected chi connectivity index (χ3v) is 5.60. The van der Waals surface area contributed by atoms with Gasteiger partial charge < -0.3 is 15.0 Å². The first-order valence-electron chi connectivity index (χ1n) is 7.94. The predicted molar refractivity (Wildman–Crippen MR) is 91.7 cm³/mol. The van der Waals surface area contributed by atoms with Crippen LogP contribution in [0.4, 0.5) is 5.69 Å². The second-order valence-electron chi connectivity index (χ2n) is 6.13. The van der Waals surface area contributed by atoms with Gasteiger partial charge in [-0.25, -0.2) is 0 Å². The molecule has 1 atom stereocenters. The van der Waals surface area contributed by atoms with E-state index in [0.29, 0.717) is 11.6 Å². The van der Waals surface area contributed by atoms with Crippen molar-refractivity contribution < 1.29 is 14.3 Å². The van der Waals surface area contributed by atoms with Crippen LogP contribution in [0.1, 0.15) is 24.8 Å². The first-order chi connectivity index (χ1) is 11.1. The number of methoxy groups -OCH3 is 1. The minimum absolute atomic E-state index is 0.104. The lowest BCUT2D eigenvalue weighted by molar-refractivity contribution is -0.141. The highest BCUT2D eigenvalue weighted by atomic mass is 32.2. The zero-order valence-corrected chi connectivity index (χ0v) is 14.3. The van der Waals surface area contributed by atoms with Gasteiger partial charge >= 0.3 is 0 Å². The third-order valence-electron chi connectivity index (χ3n) is 4.58. The maximum absolute atomic E-state index is 12.6. The summed E-state index contributed by atoms with van der Waals surface area (Å²) in [4.78, 5) is 26.8. The Morgan fingerprint density at radius 2 is 2.13 bits per heavy atom. The van der Waals surface area contributed by atoms with E-state index in [-0.39, 0.29) is 23.8 Å². The molecule has 0 radical (unpaired) electrons. The van der Waals surface area contributed by atoms with Gasteiger partial charge in [-0.3, -0.25) is 9.59 Å². The van der Waals surface area contributed by atoms with E-state index >= 15 is 0 Å². The summed E-state index contributed by atoms with van der Waals surface area (Å²) in [5.74, 6) is 2.25. The molecule has 1 saturated heterocycles. The average molecular weight is 334 g/mol. The topological polar surface area (TPSA) is 58.6 Å². The van der Waals surface area contributed by atoms with E-state index < -0.39 is 0 Å². The molecule has 2 aliphatic rings. The van der Waals surface area contributed by atoms with Crippen molar-refractivity contribution in [1.29, 1.82) is 0 Å². The maximum Gasteiger partial charge on any atom is 0.248 e. The van der Waals surface area contributed by atoms with E-state index in [1.807, 2.05) is 25.1 Å².